The third-order valence-corrected chi connectivity index (χ3v) is 7.00. The van der Waals surface area contributed by atoms with Crippen molar-refractivity contribution in [3.63, 3.8) is 0 Å². The number of rotatable bonds is 7. The maximum absolute atomic E-state index is 6.39. The first-order chi connectivity index (χ1) is 20.1. The first-order valence-electron chi connectivity index (χ1n) is 12.7. The fourth-order valence-electron chi connectivity index (χ4n) is 4.86. The van der Waals surface area contributed by atoms with Crippen LogP contribution in [0.5, 0.6) is 17.5 Å². The monoisotopic (exact) mass is 567 g/mol. The van der Waals surface area contributed by atoms with Crippen molar-refractivity contribution < 1.29 is 18.7 Å². The molecule has 12 heteroatoms. The predicted octanol–water partition coefficient (Wildman–Crippen LogP) is 5.71. The van der Waals surface area contributed by atoms with Gasteiger partial charge in [-0.25, -0.2) is 19.2 Å². The van der Waals surface area contributed by atoms with Crippen LogP contribution in [0.1, 0.15) is 39.9 Å². The number of ether oxygens (including phenoxy) is 2. The van der Waals surface area contributed by atoms with Crippen molar-refractivity contribution in [1.29, 1.82) is 0 Å². The number of aryl methyl sites for hydroxylation is 1. The van der Waals surface area contributed by atoms with Crippen molar-refractivity contribution in [3.8, 4) is 23.2 Å². The Kier molecular flexibility index (Phi) is 6.12. The van der Waals surface area contributed by atoms with Crippen LogP contribution in [0, 0.1) is 6.92 Å². The number of nitrogens with zero attached hydrogens (tertiary/aromatic N) is 7. The van der Waals surface area contributed by atoms with E-state index in [1.165, 1.54) is 0 Å². The second-order valence-electron chi connectivity index (χ2n) is 9.28. The van der Waals surface area contributed by atoms with Gasteiger partial charge < -0.3 is 18.7 Å². The largest absolute Gasteiger partial charge is 0.497 e. The van der Waals surface area contributed by atoms with Crippen molar-refractivity contribution >= 4 is 23.5 Å². The fourth-order valence-corrected chi connectivity index (χ4v) is 4.99. The molecule has 41 heavy (non-hydrogen) atoms. The maximum atomic E-state index is 6.39. The van der Waals surface area contributed by atoms with Gasteiger partial charge in [0.15, 0.2) is 18.1 Å². The van der Waals surface area contributed by atoms with E-state index in [0.29, 0.717) is 39.6 Å². The molecule has 0 bridgehead atoms. The summed E-state index contributed by atoms with van der Waals surface area (Å²) >= 11 is 6.12. The molecule has 7 rings (SSSR count). The molecular weight excluding hydrogens is 546 g/mol. The van der Waals surface area contributed by atoms with Gasteiger partial charge in [-0.3, -0.25) is 0 Å². The molecule has 0 fully saturated rings. The van der Waals surface area contributed by atoms with E-state index >= 15 is 0 Å². The van der Waals surface area contributed by atoms with Gasteiger partial charge in [0.05, 0.1) is 48.0 Å². The third kappa shape index (κ3) is 4.45. The Balaban J connectivity index is 1.24. The summed E-state index contributed by atoms with van der Waals surface area (Å²) in [6.45, 7) is 2.00. The van der Waals surface area contributed by atoms with Crippen LogP contribution in [0.3, 0.4) is 0 Å². The average Bonchev–Trinajstić information content (AvgIpc) is 3.74. The summed E-state index contributed by atoms with van der Waals surface area (Å²) in [6, 6.07) is 18.6. The zero-order valence-corrected chi connectivity index (χ0v) is 22.7. The topological polar surface area (TPSA) is 114 Å². The molecular formula is C29H22ClN7O4. The molecule has 0 spiro atoms. The van der Waals surface area contributed by atoms with Crippen LogP contribution in [0.25, 0.3) is 11.3 Å². The zero-order valence-electron chi connectivity index (χ0n) is 21.9. The summed E-state index contributed by atoms with van der Waals surface area (Å²) < 4.78 is 20.8. The van der Waals surface area contributed by atoms with Crippen molar-refractivity contribution in [1.82, 2.24) is 29.4 Å². The average molecular weight is 568 g/mol. The lowest BCUT2D eigenvalue weighted by Crippen LogP contribution is -2.15. The molecule has 5 heterocycles. The molecule has 0 aliphatic carbocycles. The van der Waals surface area contributed by atoms with Crippen LogP contribution in [-0.2, 0) is 11.4 Å². The van der Waals surface area contributed by atoms with Gasteiger partial charge >= 0.3 is 0 Å². The molecule has 1 aliphatic heterocycles. The van der Waals surface area contributed by atoms with Gasteiger partial charge in [0.2, 0.25) is 11.8 Å². The van der Waals surface area contributed by atoms with Gasteiger partial charge in [-0.2, -0.15) is 5.10 Å². The Morgan fingerprint density at radius 1 is 1.05 bits per heavy atom. The number of benzene rings is 2. The highest BCUT2D eigenvalue weighted by atomic mass is 35.5. The first kappa shape index (κ1) is 24.9. The number of hydrogen-bond donors (Lipinski definition) is 0. The van der Waals surface area contributed by atoms with E-state index < -0.39 is 0 Å². The molecule has 4 aromatic heterocycles. The van der Waals surface area contributed by atoms with Gasteiger partial charge in [0.1, 0.15) is 17.8 Å². The van der Waals surface area contributed by atoms with Crippen molar-refractivity contribution in [2.45, 2.75) is 19.4 Å². The molecule has 0 saturated heterocycles. The summed E-state index contributed by atoms with van der Waals surface area (Å²) in [5.74, 6) is 2.46. The maximum Gasteiger partial charge on any atom is 0.230 e. The van der Waals surface area contributed by atoms with E-state index in [0.717, 1.165) is 28.3 Å². The molecule has 0 N–H and O–H groups in total. The summed E-state index contributed by atoms with van der Waals surface area (Å²) in [6.07, 6.45) is 4.81. The normalized spacial score (nSPS) is 14.2. The van der Waals surface area contributed by atoms with Crippen LogP contribution in [0.15, 0.2) is 82.8 Å². The number of furan rings is 1. The van der Waals surface area contributed by atoms with Crippen LogP contribution in [-0.4, -0.2) is 42.7 Å². The Labute approximate surface area is 238 Å². The van der Waals surface area contributed by atoms with Gasteiger partial charge in [0.25, 0.3) is 0 Å². The zero-order chi connectivity index (χ0) is 27.9. The molecule has 0 radical (unpaired) electrons. The molecule has 1 atom stereocenters. The fraction of sp³-hybridized carbons (Fsp3) is 0.138. The molecule has 2 aromatic carbocycles. The minimum Gasteiger partial charge on any atom is -0.497 e. The molecule has 204 valence electrons. The van der Waals surface area contributed by atoms with Crippen molar-refractivity contribution in [3.05, 3.63) is 112 Å². The number of fused-ring (bicyclic) bond motifs is 4. The van der Waals surface area contributed by atoms with Crippen molar-refractivity contribution in [2.75, 3.05) is 7.11 Å². The summed E-state index contributed by atoms with van der Waals surface area (Å²) in [7, 11) is 1.62. The van der Waals surface area contributed by atoms with Crippen LogP contribution in [0.2, 0.25) is 5.02 Å². The Hall–Kier alpha value is -5.16. The highest BCUT2D eigenvalue weighted by molar-refractivity contribution is 6.30. The van der Waals surface area contributed by atoms with E-state index in [-0.39, 0.29) is 12.5 Å². The van der Waals surface area contributed by atoms with E-state index in [1.54, 1.807) is 35.1 Å². The quantitative estimate of drug-likeness (QED) is 0.178. The smallest absolute Gasteiger partial charge is 0.230 e. The SMILES string of the molecule is COc1ccc(C=NOCc2nc3c4c(ncn3n2)Oc2c(c(C)nn2-c2ccc(Cl)cc2)C4c2ccco2)cc1. The minimum absolute atomic E-state index is 0.0637. The standard InChI is InChI=1S/C29H22ClN7O4/c1-17-24-25(22-4-3-13-39-22)26-27-33-23(15-40-32-14-18-5-11-21(38-2)12-6-18)35-36(27)16-31-28(26)41-29(24)37(34-17)20-9-7-19(30)8-10-20/h3-14,16,25H,15H2,1-2H3. The number of methoxy groups -OCH3 is 1. The summed E-state index contributed by atoms with van der Waals surface area (Å²) in [5.41, 5.74) is 4.59. The first-order valence-corrected chi connectivity index (χ1v) is 13.1. The highest BCUT2D eigenvalue weighted by Crippen LogP contribution is 2.49. The molecule has 1 aliphatic rings. The Morgan fingerprint density at radius 3 is 2.63 bits per heavy atom. The van der Waals surface area contributed by atoms with Crippen LogP contribution >= 0.6 is 11.6 Å². The molecule has 11 nitrogen and oxygen atoms in total. The van der Waals surface area contributed by atoms with E-state index in [9.17, 15) is 0 Å². The van der Waals surface area contributed by atoms with Gasteiger partial charge in [0, 0.05) is 5.02 Å². The minimum atomic E-state index is -0.382. The number of oxime groups is 1. The lowest BCUT2D eigenvalue weighted by Gasteiger charge is -2.24. The van der Waals surface area contributed by atoms with E-state index in [2.05, 4.69) is 15.2 Å². The Morgan fingerprint density at radius 2 is 1.88 bits per heavy atom. The van der Waals surface area contributed by atoms with Gasteiger partial charge in [-0.15, -0.1) is 5.10 Å². The molecule has 1 unspecified atom stereocenters. The molecule has 0 saturated carbocycles. The lowest BCUT2D eigenvalue weighted by molar-refractivity contribution is 0.126. The summed E-state index contributed by atoms with van der Waals surface area (Å²) in [4.78, 5) is 14.8. The second-order valence-corrected chi connectivity index (χ2v) is 9.72. The van der Waals surface area contributed by atoms with E-state index in [4.69, 9.17) is 40.4 Å². The third-order valence-electron chi connectivity index (χ3n) is 6.75. The summed E-state index contributed by atoms with van der Waals surface area (Å²) in [5, 5.41) is 14.0. The van der Waals surface area contributed by atoms with Crippen LogP contribution < -0.4 is 9.47 Å². The van der Waals surface area contributed by atoms with Gasteiger partial charge in [-0.1, -0.05) is 16.8 Å². The van der Waals surface area contributed by atoms with Gasteiger partial charge in [-0.05, 0) is 73.2 Å². The molecule has 0 amide bonds. The molecule has 6 aromatic rings. The predicted molar refractivity (Wildman–Crippen MR) is 149 cm³/mol. The number of aromatic nitrogens is 6. The number of hydrogen-bond acceptors (Lipinski definition) is 9. The Bertz CT molecular complexity index is 1880. The van der Waals surface area contributed by atoms with E-state index in [1.807, 2.05) is 67.6 Å². The van der Waals surface area contributed by atoms with Crippen LogP contribution in [0.4, 0.5) is 0 Å². The van der Waals surface area contributed by atoms with Crippen molar-refractivity contribution in [2.24, 2.45) is 5.16 Å². The number of halogens is 1. The second kappa shape index (κ2) is 10.1. The highest BCUT2D eigenvalue weighted by Gasteiger charge is 2.39. The lowest BCUT2D eigenvalue weighted by atomic mass is 9.88.